The second-order valence-electron chi connectivity index (χ2n) is 3.61. The number of aromatic nitrogens is 3. The maximum Gasteiger partial charge on any atom is 0.251 e. The minimum atomic E-state index is -0.132. The Balaban J connectivity index is 2.60. The molecule has 0 atom stereocenters. The van der Waals surface area contributed by atoms with E-state index in [-0.39, 0.29) is 5.56 Å². The third-order valence-electron chi connectivity index (χ3n) is 2.39. The number of hydrogen-bond acceptors (Lipinski definition) is 3. The summed E-state index contributed by atoms with van der Waals surface area (Å²) in [4.78, 5) is 22.7. The summed E-state index contributed by atoms with van der Waals surface area (Å²) in [5.41, 5.74) is 2.38. The van der Waals surface area contributed by atoms with Gasteiger partial charge in [-0.1, -0.05) is 13.0 Å². The highest BCUT2D eigenvalue weighted by Crippen LogP contribution is 2.14. The number of aromatic amines is 1. The number of rotatable bonds is 2. The van der Waals surface area contributed by atoms with E-state index in [0.717, 1.165) is 23.4 Å². The van der Waals surface area contributed by atoms with E-state index in [2.05, 4.69) is 15.0 Å². The molecule has 4 heteroatoms. The SMILES string of the molecule is CCc1cc(=O)[nH]c(-c2ncccc2C)n1. The van der Waals surface area contributed by atoms with Crippen molar-refractivity contribution in [2.24, 2.45) is 0 Å². The first-order chi connectivity index (χ1) is 7.70. The van der Waals surface area contributed by atoms with Crippen LogP contribution in [0.5, 0.6) is 0 Å². The van der Waals surface area contributed by atoms with Crippen molar-refractivity contribution in [3.05, 3.63) is 46.0 Å². The van der Waals surface area contributed by atoms with Gasteiger partial charge in [-0.3, -0.25) is 9.78 Å². The molecule has 0 amide bonds. The van der Waals surface area contributed by atoms with Crippen molar-refractivity contribution in [1.82, 2.24) is 15.0 Å². The van der Waals surface area contributed by atoms with Crippen molar-refractivity contribution >= 4 is 0 Å². The minimum Gasteiger partial charge on any atom is -0.305 e. The van der Waals surface area contributed by atoms with E-state index in [1.54, 1.807) is 6.20 Å². The summed E-state index contributed by atoms with van der Waals surface area (Å²) in [6, 6.07) is 5.32. The van der Waals surface area contributed by atoms with Crippen LogP contribution in [-0.2, 0) is 6.42 Å². The van der Waals surface area contributed by atoms with Crippen LogP contribution in [0.1, 0.15) is 18.2 Å². The molecule has 0 radical (unpaired) electrons. The third-order valence-corrected chi connectivity index (χ3v) is 2.39. The van der Waals surface area contributed by atoms with Crippen molar-refractivity contribution in [1.29, 1.82) is 0 Å². The van der Waals surface area contributed by atoms with Crippen LogP contribution in [0.15, 0.2) is 29.2 Å². The standard InChI is InChI=1S/C12H13N3O/c1-3-9-7-10(16)15-12(14-9)11-8(2)5-4-6-13-11/h4-7H,3H2,1-2H3,(H,14,15,16). The Morgan fingerprint density at radius 3 is 2.94 bits per heavy atom. The highest BCUT2D eigenvalue weighted by Gasteiger charge is 2.06. The van der Waals surface area contributed by atoms with Gasteiger partial charge in [0.15, 0.2) is 5.82 Å². The minimum absolute atomic E-state index is 0.132. The zero-order valence-electron chi connectivity index (χ0n) is 9.32. The number of hydrogen-bond donors (Lipinski definition) is 1. The Bertz CT molecular complexity index is 560. The Kier molecular flexibility index (Phi) is 2.81. The van der Waals surface area contributed by atoms with Gasteiger partial charge in [-0.15, -0.1) is 0 Å². The van der Waals surface area contributed by atoms with E-state index in [0.29, 0.717) is 5.82 Å². The van der Waals surface area contributed by atoms with Crippen LogP contribution in [0.25, 0.3) is 11.5 Å². The summed E-state index contributed by atoms with van der Waals surface area (Å²) < 4.78 is 0. The number of nitrogens with one attached hydrogen (secondary N) is 1. The monoisotopic (exact) mass is 215 g/mol. The normalized spacial score (nSPS) is 10.4. The zero-order chi connectivity index (χ0) is 11.5. The smallest absolute Gasteiger partial charge is 0.251 e. The van der Waals surface area contributed by atoms with Gasteiger partial charge in [0.1, 0.15) is 5.69 Å². The first kappa shape index (κ1) is 10.5. The van der Waals surface area contributed by atoms with Crippen LogP contribution in [-0.4, -0.2) is 15.0 Å². The van der Waals surface area contributed by atoms with E-state index in [4.69, 9.17) is 0 Å². The average Bonchev–Trinajstić information content (AvgIpc) is 2.28. The van der Waals surface area contributed by atoms with Gasteiger partial charge in [0, 0.05) is 18.0 Å². The van der Waals surface area contributed by atoms with E-state index >= 15 is 0 Å². The number of pyridine rings is 1. The molecule has 0 aliphatic rings. The average molecular weight is 215 g/mol. The summed E-state index contributed by atoms with van der Waals surface area (Å²) in [7, 11) is 0. The molecule has 0 spiro atoms. The molecule has 0 aliphatic carbocycles. The fourth-order valence-corrected chi connectivity index (χ4v) is 1.53. The van der Waals surface area contributed by atoms with Gasteiger partial charge in [-0.2, -0.15) is 0 Å². The Labute approximate surface area is 93.4 Å². The van der Waals surface area contributed by atoms with Crippen LogP contribution in [0.3, 0.4) is 0 Å². The predicted molar refractivity (Wildman–Crippen MR) is 62.2 cm³/mol. The molecule has 1 N–H and O–H groups in total. The maximum absolute atomic E-state index is 11.4. The molecule has 4 nitrogen and oxygen atoms in total. The molecule has 2 heterocycles. The number of aryl methyl sites for hydroxylation is 2. The van der Waals surface area contributed by atoms with E-state index < -0.39 is 0 Å². The largest absolute Gasteiger partial charge is 0.305 e. The van der Waals surface area contributed by atoms with Crippen molar-refractivity contribution < 1.29 is 0 Å². The quantitative estimate of drug-likeness (QED) is 0.829. The molecular formula is C12H13N3O. The third kappa shape index (κ3) is 2.00. The van der Waals surface area contributed by atoms with Crippen LogP contribution >= 0.6 is 0 Å². The van der Waals surface area contributed by atoms with Crippen molar-refractivity contribution in [3.8, 4) is 11.5 Å². The Hall–Kier alpha value is -1.97. The number of H-pyrrole nitrogens is 1. The topological polar surface area (TPSA) is 58.6 Å². The lowest BCUT2D eigenvalue weighted by atomic mass is 10.2. The van der Waals surface area contributed by atoms with Gasteiger partial charge < -0.3 is 4.98 Å². The highest BCUT2D eigenvalue weighted by molar-refractivity contribution is 5.53. The van der Waals surface area contributed by atoms with Crippen molar-refractivity contribution in [2.75, 3.05) is 0 Å². The lowest BCUT2D eigenvalue weighted by molar-refractivity contribution is 0.977. The van der Waals surface area contributed by atoms with Crippen molar-refractivity contribution in [3.63, 3.8) is 0 Å². The van der Waals surface area contributed by atoms with Gasteiger partial charge in [-0.05, 0) is 25.0 Å². The molecule has 16 heavy (non-hydrogen) atoms. The van der Waals surface area contributed by atoms with Crippen molar-refractivity contribution in [2.45, 2.75) is 20.3 Å². The molecule has 0 aliphatic heterocycles. The first-order valence-corrected chi connectivity index (χ1v) is 5.23. The van der Waals surface area contributed by atoms with E-state index in [9.17, 15) is 4.79 Å². The Morgan fingerprint density at radius 1 is 1.44 bits per heavy atom. The fraction of sp³-hybridized carbons (Fsp3) is 0.250. The molecule has 0 saturated heterocycles. The van der Waals surface area contributed by atoms with Gasteiger partial charge >= 0.3 is 0 Å². The molecule has 2 aromatic rings. The molecule has 2 rings (SSSR count). The molecule has 0 saturated carbocycles. The number of nitrogens with zero attached hydrogens (tertiary/aromatic N) is 2. The maximum atomic E-state index is 11.4. The summed E-state index contributed by atoms with van der Waals surface area (Å²) in [6.45, 7) is 3.91. The first-order valence-electron chi connectivity index (χ1n) is 5.23. The lowest BCUT2D eigenvalue weighted by Gasteiger charge is -2.04. The molecule has 0 aromatic carbocycles. The van der Waals surface area contributed by atoms with E-state index in [1.165, 1.54) is 6.07 Å². The van der Waals surface area contributed by atoms with Gasteiger partial charge in [0.05, 0.1) is 0 Å². The predicted octanol–water partition coefficient (Wildman–Crippen LogP) is 1.70. The van der Waals surface area contributed by atoms with Crippen LogP contribution in [0, 0.1) is 6.92 Å². The van der Waals surface area contributed by atoms with Crippen LogP contribution in [0.4, 0.5) is 0 Å². The zero-order valence-corrected chi connectivity index (χ0v) is 9.32. The molecular weight excluding hydrogens is 202 g/mol. The Morgan fingerprint density at radius 2 is 2.25 bits per heavy atom. The summed E-state index contributed by atoms with van der Waals surface area (Å²) in [5.74, 6) is 0.544. The van der Waals surface area contributed by atoms with Gasteiger partial charge in [-0.25, -0.2) is 4.98 Å². The molecule has 0 unspecified atom stereocenters. The highest BCUT2D eigenvalue weighted by atomic mass is 16.1. The van der Waals surface area contributed by atoms with Gasteiger partial charge in [0.25, 0.3) is 5.56 Å². The van der Waals surface area contributed by atoms with Gasteiger partial charge in [0.2, 0.25) is 0 Å². The van der Waals surface area contributed by atoms with Crippen LogP contribution in [0.2, 0.25) is 0 Å². The molecule has 0 fully saturated rings. The summed E-state index contributed by atoms with van der Waals surface area (Å²) in [5, 5.41) is 0. The lowest BCUT2D eigenvalue weighted by Crippen LogP contribution is -2.10. The molecule has 0 bridgehead atoms. The summed E-state index contributed by atoms with van der Waals surface area (Å²) >= 11 is 0. The molecule has 2 aromatic heterocycles. The second kappa shape index (κ2) is 4.26. The summed E-state index contributed by atoms with van der Waals surface area (Å²) in [6.07, 6.45) is 2.43. The fourth-order valence-electron chi connectivity index (χ4n) is 1.53. The molecule has 82 valence electrons. The second-order valence-corrected chi connectivity index (χ2v) is 3.61. The van der Waals surface area contributed by atoms with Crippen LogP contribution < -0.4 is 5.56 Å². The van der Waals surface area contributed by atoms with E-state index in [1.807, 2.05) is 26.0 Å².